The number of hydrogen-bond donors (Lipinski definition) is 1. The number of nitrogens with zero attached hydrogens (tertiary/aromatic N) is 1. The maximum atomic E-state index is 5.85. The molecule has 0 saturated carbocycles. The SMILES string of the molecule is CCCN(CC)C(CN)CC(C)(C)C. The number of hydrogen-bond acceptors (Lipinski definition) is 2. The van der Waals surface area contributed by atoms with Crippen molar-refractivity contribution in [2.75, 3.05) is 19.6 Å². The zero-order valence-electron chi connectivity index (χ0n) is 10.6. The lowest BCUT2D eigenvalue weighted by atomic mass is 9.87. The minimum absolute atomic E-state index is 0.380. The molecule has 2 nitrogen and oxygen atoms in total. The summed E-state index contributed by atoms with van der Waals surface area (Å²) < 4.78 is 0. The van der Waals surface area contributed by atoms with E-state index in [4.69, 9.17) is 5.73 Å². The Morgan fingerprint density at radius 2 is 1.79 bits per heavy atom. The molecule has 0 aromatic carbocycles. The van der Waals surface area contributed by atoms with Gasteiger partial charge in [0.15, 0.2) is 0 Å². The Balaban J connectivity index is 4.21. The van der Waals surface area contributed by atoms with Crippen LogP contribution in [0.2, 0.25) is 0 Å². The highest BCUT2D eigenvalue weighted by Crippen LogP contribution is 2.23. The summed E-state index contributed by atoms with van der Waals surface area (Å²) in [5, 5.41) is 0. The summed E-state index contributed by atoms with van der Waals surface area (Å²) in [4.78, 5) is 2.51. The first-order chi connectivity index (χ1) is 6.44. The molecule has 0 rings (SSSR count). The quantitative estimate of drug-likeness (QED) is 0.714. The van der Waals surface area contributed by atoms with E-state index in [1.807, 2.05) is 0 Å². The fourth-order valence-corrected chi connectivity index (χ4v) is 1.95. The Morgan fingerprint density at radius 1 is 1.21 bits per heavy atom. The van der Waals surface area contributed by atoms with E-state index in [9.17, 15) is 0 Å². The van der Waals surface area contributed by atoms with Gasteiger partial charge in [0.1, 0.15) is 0 Å². The van der Waals surface area contributed by atoms with Gasteiger partial charge < -0.3 is 5.73 Å². The van der Waals surface area contributed by atoms with Gasteiger partial charge in [0.2, 0.25) is 0 Å². The molecule has 0 aromatic rings. The molecule has 1 unspecified atom stereocenters. The molecule has 0 heterocycles. The second-order valence-corrected chi connectivity index (χ2v) is 5.28. The maximum Gasteiger partial charge on any atom is 0.0223 e. The van der Waals surface area contributed by atoms with Gasteiger partial charge in [-0.3, -0.25) is 4.90 Å². The van der Waals surface area contributed by atoms with E-state index < -0.39 is 0 Å². The Hall–Kier alpha value is -0.0800. The lowest BCUT2D eigenvalue weighted by molar-refractivity contribution is 0.159. The maximum absolute atomic E-state index is 5.85. The molecule has 2 N–H and O–H groups in total. The fourth-order valence-electron chi connectivity index (χ4n) is 1.95. The zero-order chi connectivity index (χ0) is 11.2. The predicted octanol–water partition coefficient (Wildman–Crippen LogP) is 2.48. The van der Waals surface area contributed by atoms with Crippen molar-refractivity contribution in [2.24, 2.45) is 11.1 Å². The van der Waals surface area contributed by atoms with E-state index >= 15 is 0 Å². The van der Waals surface area contributed by atoms with Crippen LogP contribution in [0.25, 0.3) is 0 Å². The van der Waals surface area contributed by atoms with E-state index in [1.54, 1.807) is 0 Å². The number of rotatable bonds is 6. The normalized spacial score (nSPS) is 14.8. The average Bonchev–Trinajstić information content (AvgIpc) is 2.09. The minimum atomic E-state index is 0.380. The van der Waals surface area contributed by atoms with Crippen molar-refractivity contribution < 1.29 is 0 Å². The standard InChI is InChI=1S/C12H28N2/c1-6-8-14(7-2)11(10-13)9-12(3,4)5/h11H,6-10,13H2,1-5H3. The third-order valence-electron chi connectivity index (χ3n) is 2.55. The highest BCUT2D eigenvalue weighted by Gasteiger charge is 2.21. The van der Waals surface area contributed by atoms with Crippen molar-refractivity contribution in [3.63, 3.8) is 0 Å². The molecular weight excluding hydrogens is 172 g/mol. The molecule has 1 atom stereocenters. The van der Waals surface area contributed by atoms with Gasteiger partial charge >= 0.3 is 0 Å². The van der Waals surface area contributed by atoms with Crippen LogP contribution in [0.1, 0.15) is 47.5 Å². The molecule has 0 amide bonds. The molecule has 0 aromatic heterocycles. The van der Waals surface area contributed by atoms with Gasteiger partial charge in [0.25, 0.3) is 0 Å². The summed E-state index contributed by atoms with van der Waals surface area (Å²) in [6.45, 7) is 14.4. The average molecular weight is 200 g/mol. The van der Waals surface area contributed by atoms with Crippen LogP contribution >= 0.6 is 0 Å². The molecule has 0 radical (unpaired) electrons. The zero-order valence-corrected chi connectivity index (χ0v) is 10.6. The molecule has 86 valence electrons. The van der Waals surface area contributed by atoms with Crippen LogP contribution in [-0.2, 0) is 0 Å². The van der Waals surface area contributed by atoms with Crippen molar-refractivity contribution in [1.29, 1.82) is 0 Å². The van der Waals surface area contributed by atoms with Gasteiger partial charge in [-0.15, -0.1) is 0 Å². The summed E-state index contributed by atoms with van der Waals surface area (Å²) in [7, 11) is 0. The van der Waals surface area contributed by atoms with Gasteiger partial charge in [-0.1, -0.05) is 34.6 Å². The second-order valence-electron chi connectivity index (χ2n) is 5.28. The Bertz CT molecular complexity index is 138. The Kier molecular flexibility index (Phi) is 6.38. The van der Waals surface area contributed by atoms with E-state index in [0.717, 1.165) is 13.1 Å². The number of likely N-dealkylation sites (N-methyl/N-ethyl adjacent to an activating group) is 1. The molecular formula is C12H28N2. The molecule has 0 saturated heterocycles. The van der Waals surface area contributed by atoms with Crippen molar-refractivity contribution in [3.8, 4) is 0 Å². The van der Waals surface area contributed by atoms with Crippen LogP contribution in [0, 0.1) is 5.41 Å². The first-order valence-corrected chi connectivity index (χ1v) is 5.88. The van der Waals surface area contributed by atoms with Crippen LogP contribution in [0.15, 0.2) is 0 Å². The molecule has 14 heavy (non-hydrogen) atoms. The van der Waals surface area contributed by atoms with Gasteiger partial charge in [0.05, 0.1) is 0 Å². The van der Waals surface area contributed by atoms with Crippen LogP contribution in [-0.4, -0.2) is 30.6 Å². The topological polar surface area (TPSA) is 29.3 Å². The highest BCUT2D eigenvalue weighted by molar-refractivity contribution is 4.77. The van der Waals surface area contributed by atoms with Crippen molar-refractivity contribution in [2.45, 2.75) is 53.5 Å². The smallest absolute Gasteiger partial charge is 0.0223 e. The highest BCUT2D eigenvalue weighted by atomic mass is 15.2. The molecule has 0 fully saturated rings. The molecule has 0 bridgehead atoms. The summed E-state index contributed by atoms with van der Waals surface area (Å²) in [5.74, 6) is 0. The monoisotopic (exact) mass is 200 g/mol. The van der Waals surface area contributed by atoms with Crippen LogP contribution in [0.3, 0.4) is 0 Å². The first kappa shape index (κ1) is 13.9. The summed E-state index contributed by atoms with van der Waals surface area (Å²) in [6.07, 6.45) is 2.41. The third-order valence-corrected chi connectivity index (χ3v) is 2.55. The first-order valence-electron chi connectivity index (χ1n) is 5.88. The summed E-state index contributed by atoms with van der Waals surface area (Å²) in [6, 6.07) is 0.556. The van der Waals surface area contributed by atoms with Crippen molar-refractivity contribution in [1.82, 2.24) is 4.90 Å². The van der Waals surface area contributed by atoms with E-state index in [2.05, 4.69) is 39.5 Å². The van der Waals surface area contributed by atoms with Gasteiger partial charge in [-0.05, 0) is 31.3 Å². The van der Waals surface area contributed by atoms with E-state index in [1.165, 1.54) is 19.4 Å². The Labute approximate surface area is 89.9 Å². The minimum Gasteiger partial charge on any atom is -0.329 e. The molecule has 0 aliphatic carbocycles. The van der Waals surface area contributed by atoms with Crippen LogP contribution in [0.4, 0.5) is 0 Å². The molecule has 0 aliphatic rings. The lowest BCUT2D eigenvalue weighted by Gasteiger charge is -2.34. The Morgan fingerprint density at radius 3 is 2.07 bits per heavy atom. The molecule has 0 spiro atoms. The second kappa shape index (κ2) is 6.41. The summed E-state index contributed by atoms with van der Waals surface area (Å²) >= 11 is 0. The lowest BCUT2D eigenvalue weighted by Crippen LogP contribution is -2.43. The largest absolute Gasteiger partial charge is 0.329 e. The van der Waals surface area contributed by atoms with Gasteiger partial charge in [-0.2, -0.15) is 0 Å². The van der Waals surface area contributed by atoms with Crippen molar-refractivity contribution in [3.05, 3.63) is 0 Å². The third kappa shape index (κ3) is 5.61. The van der Waals surface area contributed by atoms with Crippen molar-refractivity contribution >= 4 is 0 Å². The molecule has 2 heteroatoms. The van der Waals surface area contributed by atoms with Crippen LogP contribution < -0.4 is 5.73 Å². The number of nitrogens with two attached hydrogens (primary N) is 1. The fraction of sp³-hybridized carbons (Fsp3) is 1.00. The van der Waals surface area contributed by atoms with E-state index in [0.29, 0.717) is 11.5 Å². The van der Waals surface area contributed by atoms with E-state index in [-0.39, 0.29) is 0 Å². The van der Waals surface area contributed by atoms with Gasteiger partial charge in [-0.25, -0.2) is 0 Å². The summed E-state index contributed by atoms with van der Waals surface area (Å²) in [5.41, 5.74) is 6.23. The predicted molar refractivity (Wildman–Crippen MR) is 64.5 cm³/mol. The van der Waals surface area contributed by atoms with Gasteiger partial charge in [0, 0.05) is 12.6 Å². The molecule has 0 aliphatic heterocycles. The van der Waals surface area contributed by atoms with Crippen LogP contribution in [0.5, 0.6) is 0 Å².